The lowest BCUT2D eigenvalue weighted by Crippen LogP contribution is -2.00. The van der Waals surface area contributed by atoms with Crippen LogP contribution in [0.2, 0.25) is 5.02 Å². The molecule has 0 spiro atoms. The van der Waals surface area contributed by atoms with Gasteiger partial charge in [-0.1, -0.05) is 45.2 Å². The first-order chi connectivity index (χ1) is 9.11. The molecule has 0 aliphatic heterocycles. The van der Waals surface area contributed by atoms with Gasteiger partial charge in [-0.3, -0.25) is 4.98 Å². The molecule has 1 atom stereocenters. The topological polar surface area (TPSA) is 22.1 Å². The minimum absolute atomic E-state index is 0.155. The second kappa shape index (κ2) is 6.40. The quantitative estimate of drug-likeness (QED) is 0.751. The molecule has 2 nitrogen and oxygen atoms in total. The summed E-state index contributed by atoms with van der Waals surface area (Å²) < 4.78 is 5.41. The van der Waals surface area contributed by atoms with E-state index >= 15 is 0 Å². The van der Waals surface area contributed by atoms with Crippen molar-refractivity contribution in [2.45, 2.75) is 18.2 Å². The average Bonchev–Trinajstić information content (AvgIpc) is 2.41. The van der Waals surface area contributed by atoms with Gasteiger partial charge in [0.05, 0.1) is 12.1 Å². The van der Waals surface area contributed by atoms with Crippen molar-refractivity contribution < 1.29 is 4.74 Å². The molecule has 2 rings (SSSR count). The summed E-state index contributed by atoms with van der Waals surface area (Å²) >= 11 is 9.87. The van der Waals surface area contributed by atoms with E-state index in [0.29, 0.717) is 5.02 Å². The van der Waals surface area contributed by atoms with Crippen molar-refractivity contribution >= 4 is 27.5 Å². The summed E-state index contributed by atoms with van der Waals surface area (Å²) in [5.74, 6) is 0.887. The number of hydrogen-bond acceptors (Lipinski definition) is 2. The summed E-state index contributed by atoms with van der Waals surface area (Å²) in [6.07, 6.45) is 4.22. The van der Waals surface area contributed by atoms with Crippen LogP contribution in [0.25, 0.3) is 0 Å². The van der Waals surface area contributed by atoms with E-state index in [1.165, 1.54) is 5.56 Å². The highest BCUT2D eigenvalue weighted by Gasteiger charge is 2.15. The Balaban J connectivity index is 2.27. The van der Waals surface area contributed by atoms with Crippen molar-refractivity contribution in [2.24, 2.45) is 0 Å². The van der Waals surface area contributed by atoms with Gasteiger partial charge >= 0.3 is 0 Å². The van der Waals surface area contributed by atoms with Crippen molar-refractivity contribution in [1.82, 2.24) is 4.98 Å². The molecule has 1 unspecified atom stereocenters. The van der Waals surface area contributed by atoms with Gasteiger partial charge in [0, 0.05) is 22.8 Å². The highest BCUT2D eigenvalue weighted by atomic mass is 79.9. The Hall–Kier alpha value is -1.06. The van der Waals surface area contributed by atoms with E-state index in [1.54, 1.807) is 19.5 Å². The molecule has 100 valence electrons. The summed E-state index contributed by atoms with van der Waals surface area (Å²) in [5.41, 5.74) is 3.42. The minimum atomic E-state index is 0.155. The van der Waals surface area contributed by atoms with Crippen molar-refractivity contribution in [1.29, 1.82) is 0 Å². The number of benzene rings is 1. The van der Waals surface area contributed by atoms with Gasteiger partial charge in [-0.2, -0.15) is 0 Å². The molecule has 0 saturated carbocycles. The molecular weight excluding hydrogens is 326 g/mol. The lowest BCUT2D eigenvalue weighted by atomic mass is 10.0. The Bertz CT molecular complexity index is 574. The van der Waals surface area contributed by atoms with Crippen LogP contribution in [-0.4, -0.2) is 12.1 Å². The molecule has 0 amide bonds. The largest absolute Gasteiger partial charge is 0.496 e. The van der Waals surface area contributed by atoms with E-state index in [9.17, 15) is 0 Å². The first kappa shape index (κ1) is 14.4. The van der Waals surface area contributed by atoms with E-state index in [-0.39, 0.29) is 4.83 Å². The second-order valence-corrected chi connectivity index (χ2v) is 5.90. The number of methoxy groups -OCH3 is 1. The van der Waals surface area contributed by atoms with E-state index in [2.05, 4.69) is 33.9 Å². The highest BCUT2D eigenvalue weighted by Crippen LogP contribution is 2.35. The summed E-state index contributed by atoms with van der Waals surface area (Å²) in [4.78, 5) is 4.16. The predicted molar refractivity (Wildman–Crippen MR) is 82.4 cm³/mol. The molecule has 0 aliphatic rings. The monoisotopic (exact) mass is 339 g/mol. The Kier molecular flexibility index (Phi) is 4.83. The molecule has 0 radical (unpaired) electrons. The number of alkyl halides is 1. The summed E-state index contributed by atoms with van der Waals surface area (Å²) in [7, 11) is 1.69. The van der Waals surface area contributed by atoms with Crippen LogP contribution < -0.4 is 4.74 Å². The molecular formula is C15H15BrClNO. The van der Waals surface area contributed by atoms with Crippen LogP contribution in [0.1, 0.15) is 21.5 Å². The van der Waals surface area contributed by atoms with Gasteiger partial charge in [0.2, 0.25) is 0 Å². The van der Waals surface area contributed by atoms with E-state index < -0.39 is 0 Å². The first-order valence-electron chi connectivity index (χ1n) is 5.99. The van der Waals surface area contributed by atoms with Gasteiger partial charge in [-0.25, -0.2) is 0 Å². The van der Waals surface area contributed by atoms with Crippen LogP contribution in [-0.2, 0) is 6.42 Å². The minimum Gasteiger partial charge on any atom is -0.496 e. The van der Waals surface area contributed by atoms with Crippen molar-refractivity contribution in [3.05, 3.63) is 58.4 Å². The Labute approximate surface area is 126 Å². The number of aromatic nitrogens is 1. The van der Waals surface area contributed by atoms with Crippen molar-refractivity contribution in [2.75, 3.05) is 7.11 Å². The highest BCUT2D eigenvalue weighted by molar-refractivity contribution is 9.09. The number of pyridine rings is 1. The smallest absolute Gasteiger partial charge is 0.123 e. The van der Waals surface area contributed by atoms with Crippen LogP contribution in [0.15, 0.2) is 36.7 Å². The summed E-state index contributed by atoms with van der Waals surface area (Å²) in [5, 5.41) is 0.693. The van der Waals surface area contributed by atoms with Crippen LogP contribution in [0, 0.1) is 6.92 Å². The molecule has 0 saturated heterocycles. The van der Waals surface area contributed by atoms with E-state index in [4.69, 9.17) is 16.3 Å². The van der Waals surface area contributed by atoms with Crippen molar-refractivity contribution in [3.63, 3.8) is 0 Å². The van der Waals surface area contributed by atoms with Gasteiger partial charge in [-0.15, -0.1) is 0 Å². The number of ether oxygens (including phenoxy) is 1. The van der Waals surface area contributed by atoms with Crippen LogP contribution in [0.5, 0.6) is 5.75 Å². The van der Waals surface area contributed by atoms with Crippen LogP contribution in [0.3, 0.4) is 0 Å². The normalized spacial score (nSPS) is 12.2. The average molecular weight is 341 g/mol. The number of halogens is 2. The SMILES string of the molecule is COc1ccc(C)cc1C(Br)Cc1ccncc1Cl. The van der Waals surface area contributed by atoms with E-state index in [1.807, 2.05) is 18.2 Å². The molecule has 2 aromatic rings. The predicted octanol–water partition coefficient (Wildman–Crippen LogP) is 4.73. The summed E-state index contributed by atoms with van der Waals surface area (Å²) in [6.45, 7) is 2.07. The molecule has 0 N–H and O–H groups in total. The number of hydrogen-bond donors (Lipinski definition) is 0. The molecule has 4 heteroatoms. The number of aryl methyl sites for hydroxylation is 1. The van der Waals surface area contributed by atoms with Gasteiger partial charge in [-0.05, 0) is 31.0 Å². The Morgan fingerprint density at radius 2 is 2.16 bits per heavy atom. The number of rotatable bonds is 4. The fraction of sp³-hybridized carbons (Fsp3) is 0.267. The lowest BCUT2D eigenvalue weighted by molar-refractivity contribution is 0.409. The second-order valence-electron chi connectivity index (χ2n) is 4.38. The third-order valence-electron chi connectivity index (χ3n) is 2.98. The maximum Gasteiger partial charge on any atom is 0.123 e. The molecule has 1 aromatic heterocycles. The molecule has 1 heterocycles. The third-order valence-corrected chi connectivity index (χ3v) is 4.14. The van der Waals surface area contributed by atoms with Gasteiger partial charge < -0.3 is 4.74 Å². The zero-order valence-corrected chi connectivity index (χ0v) is 13.2. The third kappa shape index (κ3) is 3.48. The fourth-order valence-electron chi connectivity index (χ4n) is 1.97. The van der Waals surface area contributed by atoms with Crippen molar-refractivity contribution in [3.8, 4) is 5.75 Å². The molecule has 0 aliphatic carbocycles. The summed E-state index contributed by atoms with van der Waals surface area (Å²) in [6, 6.07) is 8.11. The van der Waals surface area contributed by atoms with E-state index in [0.717, 1.165) is 23.3 Å². The molecule has 1 aromatic carbocycles. The Morgan fingerprint density at radius 3 is 2.84 bits per heavy atom. The Morgan fingerprint density at radius 1 is 1.37 bits per heavy atom. The molecule has 0 fully saturated rings. The van der Waals surface area contributed by atoms with Crippen LogP contribution in [0.4, 0.5) is 0 Å². The molecule has 0 bridgehead atoms. The maximum absolute atomic E-state index is 6.15. The van der Waals surface area contributed by atoms with Gasteiger partial charge in [0.15, 0.2) is 0 Å². The first-order valence-corrected chi connectivity index (χ1v) is 7.28. The maximum atomic E-state index is 6.15. The lowest BCUT2D eigenvalue weighted by Gasteiger charge is -2.15. The van der Waals surface area contributed by atoms with Gasteiger partial charge in [0.25, 0.3) is 0 Å². The van der Waals surface area contributed by atoms with Crippen LogP contribution >= 0.6 is 27.5 Å². The molecule has 19 heavy (non-hydrogen) atoms. The zero-order valence-electron chi connectivity index (χ0n) is 10.9. The van der Waals surface area contributed by atoms with Gasteiger partial charge in [0.1, 0.15) is 5.75 Å². The fourth-order valence-corrected chi connectivity index (χ4v) is 2.87. The number of nitrogens with zero attached hydrogens (tertiary/aromatic N) is 1. The zero-order chi connectivity index (χ0) is 13.8. The standard InChI is InChI=1S/C15H15BrClNO/c1-10-3-4-15(19-2)12(7-10)13(16)8-11-5-6-18-9-14(11)17/h3-7,9,13H,8H2,1-2H3.